The lowest BCUT2D eigenvalue weighted by Gasteiger charge is -2.36. The summed E-state index contributed by atoms with van der Waals surface area (Å²) >= 11 is 0. The molecule has 6 rings (SSSR count). The van der Waals surface area contributed by atoms with Gasteiger partial charge in [-0.05, 0) is 42.5 Å². The molecular formula is C33H26F6N4O2. The molecule has 5 aromatic rings. The molecule has 0 unspecified atom stereocenters. The van der Waals surface area contributed by atoms with Crippen molar-refractivity contribution in [1.29, 1.82) is 0 Å². The average molecular weight is 625 g/mol. The maximum atomic E-state index is 14.6. The zero-order chi connectivity index (χ0) is 31.9. The summed E-state index contributed by atoms with van der Waals surface area (Å²) in [5.74, 6) is -2.88. The van der Waals surface area contributed by atoms with Gasteiger partial charge in [0.15, 0.2) is 0 Å². The molecule has 0 atom stereocenters. The number of methoxy groups -OCH3 is 1. The second kappa shape index (κ2) is 11.8. The minimum Gasteiger partial charge on any atom is -0.497 e. The van der Waals surface area contributed by atoms with Crippen molar-refractivity contribution >= 4 is 22.5 Å². The first-order chi connectivity index (χ1) is 21.5. The van der Waals surface area contributed by atoms with E-state index in [2.05, 4.69) is 10.00 Å². The van der Waals surface area contributed by atoms with Crippen LogP contribution in [0.5, 0.6) is 5.75 Å². The number of carbonyl (C=O) groups excluding carboxylic acids is 1. The summed E-state index contributed by atoms with van der Waals surface area (Å²) in [7, 11) is 1.55. The molecule has 1 amide bonds. The number of carbonyl (C=O) groups is 1. The Bertz CT molecular complexity index is 1840. The minimum atomic E-state index is -4.72. The molecule has 0 bridgehead atoms. The van der Waals surface area contributed by atoms with Gasteiger partial charge in [-0.25, -0.2) is 13.2 Å². The number of rotatable bonds is 6. The quantitative estimate of drug-likeness (QED) is 0.188. The molecule has 1 aliphatic heterocycles. The number of anilines is 1. The van der Waals surface area contributed by atoms with Crippen LogP contribution in [0.4, 0.5) is 32.0 Å². The van der Waals surface area contributed by atoms with Crippen LogP contribution in [0.25, 0.3) is 22.2 Å². The molecule has 232 valence electrons. The summed E-state index contributed by atoms with van der Waals surface area (Å²) in [5, 5.41) is 4.29. The summed E-state index contributed by atoms with van der Waals surface area (Å²) in [6.45, 7) is 1.52. The van der Waals surface area contributed by atoms with Gasteiger partial charge < -0.3 is 14.5 Å². The fourth-order valence-corrected chi connectivity index (χ4v) is 5.59. The van der Waals surface area contributed by atoms with E-state index in [9.17, 15) is 31.1 Å². The van der Waals surface area contributed by atoms with Crippen molar-refractivity contribution in [2.24, 2.45) is 0 Å². The lowest BCUT2D eigenvalue weighted by atomic mass is 10.0. The zero-order valence-electron chi connectivity index (χ0n) is 23.9. The first kappa shape index (κ1) is 30.0. The van der Waals surface area contributed by atoms with Crippen LogP contribution < -0.4 is 9.64 Å². The molecular weight excluding hydrogens is 598 g/mol. The molecule has 45 heavy (non-hydrogen) atoms. The van der Waals surface area contributed by atoms with Crippen LogP contribution >= 0.6 is 0 Å². The summed E-state index contributed by atoms with van der Waals surface area (Å²) in [4.78, 5) is 16.8. The van der Waals surface area contributed by atoms with Gasteiger partial charge in [0, 0.05) is 66.1 Å². The molecule has 0 aliphatic carbocycles. The largest absolute Gasteiger partial charge is 0.497 e. The lowest BCUT2D eigenvalue weighted by Crippen LogP contribution is -2.48. The third-order valence-electron chi connectivity index (χ3n) is 7.90. The van der Waals surface area contributed by atoms with Crippen molar-refractivity contribution in [3.8, 4) is 17.0 Å². The number of alkyl halides is 3. The van der Waals surface area contributed by atoms with Gasteiger partial charge in [0.25, 0.3) is 5.91 Å². The monoisotopic (exact) mass is 624 g/mol. The Hall–Kier alpha value is -5.00. The van der Waals surface area contributed by atoms with Crippen LogP contribution in [-0.2, 0) is 12.7 Å². The smallest absolute Gasteiger partial charge is 0.418 e. The first-order valence-corrected chi connectivity index (χ1v) is 14.0. The van der Waals surface area contributed by atoms with E-state index in [0.717, 1.165) is 16.4 Å². The average Bonchev–Trinajstić information content (AvgIpc) is 3.40. The number of benzene rings is 4. The van der Waals surface area contributed by atoms with Crippen LogP contribution in [0, 0.1) is 17.5 Å². The molecule has 6 nitrogen and oxygen atoms in total. The van der Waals surface area contributed by atoms with E-state index in [0.29, 0.717) is 55.2 Å². The minimum absolute atomic E-state index is 0.0833. The van der Waals surface area contributed by atoms with Crippen LogP contribution in [0.2, 0.25) is 0 Å². The van der Waals surface area contributed by atoms with Crippen molar-refractivity contribution in [2.45, 2.75) is 12.7 Å². The fraction of sp³-hybridized carbons (Fsp3) is 0.212. The number of fused-ring (bicyclic) bond motifs is 1. The maximum Gasteiger partial charge on any atom is 0.418 e. The van der Waals surface area contributed by atoms with Gasteiger partial charge in [-0.1, -0.05) is 24.3 Å². The first-order valence-electron chi connectivity index (χ1n) is 14.0. The predicted octanol–water partition coefficient (Wildman–Crippen LogP) is 7.16. The van der Waals surface area contributed by atoms with E-state index in [1.807, 2.05) is 0 Å². The van der Waals surface area contributed by atoms with Gasteiger partial charge >= 0.3 is 6.18 Å². The van der Waals surface area contributed by atoms with E-state index in [1.165, 1.54) is 12.1 Å². The third-order valence-corrected chi connectivity index (χ3v) is 7.90. The van der Waals surface area contributed by atoms with Crippen LogP contribution in [0.15, 0.2) is 78.9 Å². The van der Waals surface area contributed by atoms with E-state index < -0.39 is 41.3 Å². The van der Waals surface area contributed by atoms with Crippen molar-refractivity contribution in [3.05, 3.63) is 113 Å². The van der Waals surface area contributed by atoms with E-state index in [1.54, 1.807) is 60.5 Å². The van der Waals surface area contributed by atoms with Gasteiger partial charge in [0.1, 0.15) is 28.7 Å². The fourth-order valence-electron chi connectivity index (χ4n) is 5.59. The second-order valence-corrected chi connectivity index (χ2v) is 10.6. The SMILES string of the molecule is COc1ccc(C(=O)N2CCN(c3ccc(-c4c5cccc(C(F)(F)F)c5nn4Cc4c(F)cc(F)cc4F)cc3)CC2)cc1. The van der Waals surface area contributed by atoms with E-state index in [-0.39, 0.29) is 22.5 Å². The molecule has 1 aromatic heterocycles. The molecule has 12 heteroatoms. The number of nitrogens with zero attached hydrogens (tertiary/aromatic N) is 4. The van der Waals surface area contributed by atoms with Crippen molar-refractivity contribution in [1.82, 2.24) is 14.7 Å². The number of aromatic nitrogens is 2. The van der Waals surface area contributed by atoms with E-state index >= 15 is 0 Å². The Labute approximate surface area is 254 Å². The summed E-state index contributed by atoms with van der Waals surface area (Å²) < 4.78 is 90.6. The molecule has 1 saturated heterocycles. The highest BCUT2D eigenvalue weighted by molar-refractivity contribution is 5.96. The molecule has 4 aromatic carbocycles. The normalized spacial score (nSPS) is 13.8. The maximum absolute atomic E-state index is 14.6. The second-order valence-electron chi connectivity index (χ2n) is 10.6. The molecule has 1 aliphatic rings. The van der Waals surface area contributed by atoms with Gasteiger partial charge in [-0.3, -0.25) is 9.48 Å². The van der Waals surface area contributed by atoms with Crippen molar-refractivity contribution < 1.29 is 35.9 Å². The number of amides is 1. The lowest BCUT2D eigenvalue weighted by molar-refractivity contribution is -0.136. The summed E-state index contributed by atoms with van der Waals surface area (Å²) in [5.41, 5.74) is 0.197. The Morgan fingerprint density at radius 2 is 1.51 bits per heavy atom. The molecule has 0 spiro atoms. The van der Waals surface area contributed by atoms with Crippen molar-refractivity contribution in [3.63, 3.8) is 0 Å². The Kier molecular flexibility index (Phi) is 7.90. The van der Waals surface area contributed by atoms with Gasteiger partial charge in [-0.2, -0.15) is 18.3 Å². The number of hydrogen-bond donors (Lipinski definition) is 0. The molecule has 0 radical (unpaired) electrons. The number of piperazine rings is 1. The Morgan fingerprint density at radius 3 is 2.11 bits per heavy atom. The third kappa shape index (κ3) is 5.92. The van der Waals surface area contributed by atoms with Crippen LogP contribution in [0.3, 0.4) is 0 Å². The highest BCUT2D eigenvalue weighted by Crippen LogP contribution is 2.39. The van der Waals surface area contributed by atoms with Crippen LogP contribution in [-0.4, -0.2) is 53.9 Å². The Balaban J connectivity index is 1.28. The standard InChI is InChI=1S/C33H26F6N4O2/c1-45-24-11-7-21(8-12-24)32(44)42-15-13-41(14-16-42)23-9-5-20(6-10-23)31-25-3-2-4-27(33(37,38)39)30(25)40-43(31)19-26-28(35)17-22(34)18-29(26)36/h2-12,17-18H,13-16,19H2,1H3. The van der Waals surface area contributed by atoms with Gasteiger partial charge in [0.05, 0.1) is 24.9 Å². The number of ether oxygens (including phenoxy) is 1. The summed E-state index contributed by atoms with van der Waals surface area (Å²) in [6, 6.07) is 18.5. The summed E-state index contributed by atoms with van der Waals surface area (Å²) in [6.07, 6.45) is -4.72. The van der Waals surface area contributed by atoms with Crippen LogP contribution in [0.1, 0.15) is 21.5 Å². The van der Waals surface area contributed by atoms with E-state index in [4.69, 9.17) is 4.74 Å². The molecule has 1 fully saturated rings. The topological polar surface area (TPSA) is 50.6 Å². The van der Waals surface area contributed by atoms with Gasteiger partial charge in [-0.15, -0.1) is 0 Å². The highest BCUT2D eigenvalue weighted by Gasteiger charge is 2.35. The predicted molar refractivity (Wildman–Crippen MR) is 157 cm³/mol. The molecule has 2 heterocycles. The number of hydrogen-bond acceptors (Lipinski definition) is 4. The molecule has 0 N–H and O–H groups in total. The zero-order valence-corrected chi connectivity index (χ0v) is 23.9. The Morgan fingerprint density at radius 1 is 0.867 bits per heavy atom. The molecule has 0 saturated carbocycles. The van der Waals surface area contributed by atoms with Gasteiger partial charge in [0.2, 0.25) is 0 Å². The van der Waals surface area contributed by atoms with Crippen molar-refractivity contribution in [2.75, 3.05) is 38.2 Å². The highest BCUT2D eigenvalue weighted by atomic mass is 19.4. The number of halogens is 6.